The summed E-state index contributed by atoms with van der Waals surface area (Å²) in [5, 5.41) is 11.5. The molecule has 0 fully saturated rings. The van der Waals surface area contributed by atoms with E-state index in [1.807, 2.05) is 20.8 Å². The fourth-order valence-electron chi connectivity index (χ4n) is 1.15. The lowest BCUT2D eigenvalue weighted by Crippen LogP contribution is -2.38. The van der Waals surface area contributed by atoms with Crippen molar-refractivity contribution in [1.82, 2.24) is 10.2 Å². The van der Waals surface area contributed by atoms with Gasteiger partial charge in [-0.2, -0.15) is 0 Å². The number of hydrogen-bond acceptors (Lipinski definition) is 4. The molecule has 1 unspecified atom stereocenters. The van der Waals surface area contributed by atoms with Gasteiger partial charge < -0.3 is 20.1 Å². The topological polar surface area (TPSA) is 78.9 Å². The minimum atomic E-state index is -0.879. The first-order valence-electron chi connectivity index (χ1n) is 6.04. The maximum atomic E-state index is 11.6. The average Bonchev–Trinajstić information content (AvgIpc) is 2.20. The SMILES string of the molecule is CC(NCCCN(C)C(=O)OC(C)(C)C)C(=O)O. The second kappa shape index (κ2) is 7.20. The van der Waals surface area contributed by atoms with Crippen LogP contribution < -0.4 is 5.32 Å². The number of carboxylic acid groups (broad SMARTS) is 1. The molecular formula is C12H24N2O4. The Morgan fingerprint density at radius 1 is 1.39 bits per heavy atom. The lowest BCUT2D eigenvalue weighted by atomic mass is 10.2. The Morgan fingerprint density at radius 2 is 1.94 bits per heavy atom. The average molecular weight is 260 g/mol. The highest BCUT2D eigenvalue weighted by atomic mass is 16.6. The van der Waals surface area contributed by atoms with Gasteiger partial charge in [0.15, 0.2) is 0 Å². The van der Waals surface area contributed by atoms with E-state index >= 15 is 0 Å². The molecule has 0 aliphatic heterocycles. The minimum absolute atomic E-state index is 0.367. The molecule has 6 heteroatoms. The molecule has 0 heterocycles. The van der Waals surface area contributed by atoms with Crippen LogP contribution in [0, 0.1) is 0 Å². The zero-order valence-electron chi connectivity index (χ0n) is 11.8. The smallest absolute Gasteiger partial charge is 0.410 e. The number of carbonyl (C=O) groups is 2. The molecule has 0 rings (SSSR count). The molecule has 1 atom stereocenters. The highest BCUT2D eigenvalue weighted by molar-refractivity contribution is 5.72. The van der Waals surface area contributed by atoms with Crippen molar-refractivity contribution in [1.29, 1.82) is 0 Å². The van der Waals surface area contributed by atoms with Crippen molar-refractivity contribution in [3.05, 3.63) is 0 Å². The maximum Gasteiger partial charge on any atom is 0.410 e. The van der Waals surface area contributed by atoms with Gasteiger partial charge in [-0.15, -0.1) is 0 Å². The number of carbonyl (C=O) groups excluding carboxylic acids is 1. The number of nitrogens with one attached hydrogen (secondary N) is 1. The molecule has 0 spiro atoms. The van der Waals surface area contributed by atoms with Crippen LogP contribution >= 0.6 is 0 Å². The van der Waals surface area contributed by atoms with E-state index in [-0.39, 0.29) is 6.09 Å². The number of hydrogen-bond donors (Lipinski definition) is 2. The number of nitrogens with zero attached hydrogens (tertiary/aromatic N) is 1. The van der Waals surface area contributed by atoms with Crippen LogP contribution in [-0.4, -0.2) is 53.8 Å². The second-order valence-electron chi connectivity index (χ2n) is 5.27. The normalized spacial score (nSPS) is 12.9. The first-order chi connectivity index (χ1) is 8.13. The van der Waals surface area contributed by atoms with Crippen LogP contribution in [0.3, 0.4) is 0 Å². The van der Waals surface area contributed by atoms with Crippen molar-refractivity contribution >= 4 is 12.1 Å². The van der Waals surface area contributed by atoms with Crippen LogP contribution in [0.25, 0.3) is 0 Å². The van der Waals surface area contributed by atoms with E-state index in [0.717, 1.165) is 0 Å². The lowest BCUT2D eigenvalue weighted by Gasteiger charge is -2.24. The Kier molecular flexibility index (Phi) is 6.68. The summed E-state index contributed by atoms with van der Waals surface area (Å²) in [6.07, 6.45) is 0.307. The van der Waals surface area contributed by atoms with Gasteiger partial charge in [-0.3, -0.25) is 4.79 Å². The molecule has 0 saturated carbocycles. The van der Waals surface area contributed by atoms with Gasteiger partial charge in [0.2, 0.25) is 0 Å². The largest absolute Gasteiger partial charge is 0.480 e. The van der Waals surface area contributed by atoms with Gasteiger partial charge in [0, 0.05) is 13.6 Å². The Bertz CT molecular complexity index is 286. The Balaban J connectivity index is 3.80. The number of rotatable bonds is 6. The van der Waals surface area contributed by atoms with Gasteiger partial charge in [-0.1, -0.05) is 0 Å². The van der Waals surface area contributed by atoms with E-state index < -0.39 is 17.6 Å². The molecule has 0 aromatic carbocycles. The highest BCUT2D eigenvalue weighted by Crippen LogP contribution is 2.08. The highest BCUT2D eigenvalue weighted by Gasteiger charge is 2.19. The zero-order chi connectivity index (χ0) is 14.3. The second-order valence-corrected chi connectivity index (χ2v) is 5.27. The van der Waals surface area contributed by atoms with E-state index in [4.69, 9.17) is 9.84 Å². The first-order valence-corrected chi connectivity index (χ1v) is 6.04. The van der Waals surface area contributed by atoms with Crippen molar-refractivity contribution in [2.45, 2.75) is 45.8 Å². The summed E-state index contributed by atoms with van der Waals surface area (Å²) in [6, 6.07) is -0.572. The van der Waals surface area contributed by atoms with E-state index in [1.165, 1.54) is 4.90 Å². The molecule has 6 nitrogen and oxygen atoms in total. The molecule has 0 aromatic rings. The molecule has 2 N–H and O–H groups in total. The Morgan fingerprint density at radius 3 is 2.39 bits per heavy atom. The van der Waals surface area contributed by atoms with Crippen LogP contribution in [0.2, 0.25) is 0 Å². The molecule has 106 valence electrons. The van der Waals surface area contributed by atoms with Gasteiger partial charge in [-0.05, 0) is 40.7 Å². The summed E-state index contributed by atoms with van der Waals surface area (Å²) in [4.78, 5) is 23.6. The summed E-state index contributed by atoms with van der Waals surface area (Å²) in [7, 11) is 1.66. The molecule has 0 aliphatic rings. The summed E-state index contributed by atoms with van der Waals surface area (Å²) in [6.45, 7) is 8.09. The lowest BCUT2D eigenvalue weighted by molar-refractivity contribution is -0.139. The van der Waals surface area contributed by atoms with Crippen LogP contribution in [0.4, 0.5) is 4.79 Å². The summed E-state index contributed by atoms with van der Waals surface area (Å²) in [5.41, 5.74) is -0.499. The number of ether oxygens (including phenoxy) is 1. The summed E-state index contributed by atoms with van der Waals surface area (Å²) < 4.78 is 5.19. The number of carboxylic acids is 1. The van der Waals surface area contributed by atoms with Gasteiger partial charge >= 0.3 is 12.1 Å². The van der Waals surface area contributed by atoms with E-state index in [9.17, 15) is 9.59 Å². The molecule has 18 heavy (non-hydrogen) atoms. The van der Waals surface area contributed by atoms with Crippen molar-refractivity contribution in [3.63, 3.8) is 0 Å². The van der Waals surface area contributed by atoms with E-state index in [2.05, 4.69) is 5.32 Å². The predicted octanol–water partition coefficient (Wildman–Crippen LogP) is 1.31. The molecule has 0 aromatic heterocycles. The van der Waals surface area contributed by atoms with Crippen molar-refractivity contribution in [2.75, 3.05) is 20.1 Å². The standard InChI is InChI=1S/C12H24N2O4/c1-9(10(15)16)13-7-6-8-14(5)11(17)18-12(2,3)4/h9,13H,6-8H2,1-5H3,(H,15,16). The van der Waals surface area contributed by atoms with Crippen LogP contribution in [0.1, 0.15) is 34.1 Å². The van der Waals surface area contributed by atoms with Crippen molar-refractivity contribution in [2.24, 2.45) is 0 Å². The molecule has 0 bridgehead atoms. The summed E-state index contributed by atoms with van der Waals surface area (Å²) >= 11 is 0. The van der Waals surface area contributed by atoms with E-state index in [1.54, 1.807) is 14.0 Å². The number of amides is 1. The third-order valence-electron chi connectivity index (χ3n) is 2.20. The third-order valence-corrected chi connectivity index (χ3v) is 2.20. The van der Waals surface area contributed by atoms with Crippen LogP contribution in [0.15, 0.2) is 0 Å². The third kappa shape index (κ3) is 7.89. The molecule has 0 saturated heterocycles. The Hall–Kier alpha value is -1.30. The summed E-state index contributed by atoms with van der Waals surface area (Å²) in [5.74, 6) is -0.879. The zero-order valence-corrected chi connectivity index (χ0v) is 11.8. The predicted molar refractivity (Wildman–Crippen MR) is 68.6 cm³/mol. The van der Waals surface area contributed by atoms with Gasteiger partial charge in [-0.25, -0.2) is 4.79 Å². The molecule has 0 aliphatic carbocycles. The Labute approximate surface area is 108 Å². The van der Waals surface area contributed by atoms with Crippen molar-refractivity contribution in [3.8, 4) is 0 Å². The fraction of sp³-hybridized carbons (Fsp3) is 0.833. The van der Waals surface area contributed by atoms with Crippen molar-refractivity contribution < 1.29 is 19.4 Å². The first kappa shape index (κ1) is 16.7. The fourth-order valence-corrected chi connectivity index (χ4v) is 1.15. The molecule has 0 radical (unpaired) electrons. The molecular weight excluding hydrogens is 236 g/mol. The monoisotopic (exact) mass is 260 g/mol. The van der Waals surface area contributed by atoms with Gasteiger partial charge in [0.05, 0.1) is 0 Å². The van der Waals surface area contributed by atoms with Crippen LogP contribution in [0.5, 0.6) is 0 Å². The van der Waals surface area contributed by atoms with Gasteiger partial charge in [0.25, 0.3) is 0 Å². The van der Waals surface area contributed by atoms with Crippen LogP contribution in [-0.2, 0) is 9.53 Å². The minimum Gasteiger partial charge on any atom is -0.480 e. The number of aliphatic carboxylic acids is 1. The maximum absolute atomic E-state index is 11.6. The molecule has 1 amide bonds. The van der Waals surface area contributed by atoms with Gasteiger partial charge in [0.1, 0.15) is 11.6 Å². The van der Waals surface area contributed by atoms with E-state index in [0.29, 0.717) is 19.5 Å². The quantitative estimate of drug-likeness (QED) is 0.704.